The molecule has 0 fully saturated rings. The molecule has 0 amide bonds. The Morgan fingerprint density at radius 2 is 2.18 bits per heavy atom. The van der Waals surface area contributed by atoms with E-state index in [0.29, 0.717) is 11.1 Å². The molecule has 1 aromatic carbocycles. The van der Waals surface area contributed by atoms with E-state index in [-0.39, 0.29) is 6.61 Å². The van der Waals surface area contributed by atoms with E-state index < -0.39 is 0 Å². The molecule has 1 aromatic rings. The van der Waals surface area contributed by atoms with E-state index in [1.165, 1.54) is 0 Å². The van der Waals surface area contributed by atoms with Gasteiger partial charge in [0.2, 0.25) is 0 Å². The molecule has 0 spiro atoms. The topological polar surface area (TPSA) is 23.5 Å². The molecule has 0 saturated carbocycles. The van der Waals surface area contributed by atoms with E-state index in [4.69, 9.17) is 11.6 Å². The number of rotatable bonds is 6. The van der Waals surface area contributed by atoms with Crippen molar-refractivity contribution in [2.24, 2.45) is 0 Å². The molecule has 0 saturated heterocycles. The Hall–Kier alpha value is -0.380. The maximum Gasteiger partial charge on any atom is 0.0702 e. The highest BCUT2D eigenvalue weighted by molar-refractivity contribution is 7.98. The van der Waals surface area contributed by atoms with Crippen molar-refractivity contribution in [2.75, 3.05) is 24.0 Å². The van der Waals surface area contributed by atoms with Crippen LogP contribution in [-0.2, 0) is 6.61 Å². The number of benzene rings is 1. The number of anilines is 1. The molecule has 0 aliphatic heterocycles. The van der Waals surface area contributed by atoms with Crippen LogP contribution in [0.15, 0.2) is 18.2 Å². The molecule has 0 heterocycles. The van der Waals surface area contributed by atoms with Crippen molar-refractivity contribution in [1.29, 1.82) is 0 Å². The van der Waals surface area contributed by atoms with Crippen molar-refractivity contribution in [1.82, 2.24) is 0 Å². The first-order valence-corrected chi connectivity index (χ1v) is 7.48. The van der Waals surface area contributed by atoms with E-state index in [2.05, 4.69) is 25.1 Å². The fraction of sp³-hybridized carbons (Fsp3) is 0.538. The average Bonchev–Trinajstić information content (AvgIpc) is 2.34. The molecule has 4 heteroatoms. The second kappa shape index (κ2) is 7.14. The highest BCUT2D eigenvalue weighted by Gasteiger charge is 2.13. The zero-order valence-electron chi connectivity index (χ0n) is 10.6. The number of aliphatic hydroxyl groups excluding tert-OH is 1. The Kier molecular flexibility index (Phi) is 6.17. The summed E-state index contributed by atoms with van der Waals surface area (Å²) < 4.78 is 0. The molecule has 1 unspecified atom stereocenters. The van der Waals surface area contributed by atoms with Crippen LogP contribution in [-0.4, -0.2) is 30.2 Å². The third-order valence-electron chi connectivity index (χ3n) is 2.99. The van der Waals surface area contributed by atoms with Gasteiger partial charge >= 0.3 is 0 Å². The number of hydrogen-bond acceptors (Lipinski definition) is 3. The van der Waals surface area contributed by atoms with E-state index >= 15 is 0 Å². The van der Waals surface area contributed by atoms with Crippen LogP contribution in [0.5, 0.6) is 0 Å². The molecule has 0 radical (unpaired) electrons. The molecule has 2 nitrogen and oxygen atoms in total. The Bertz CT molecular complexity index is 359. The summed E-state index contributed by atoms with van der Waals surface area (Å²) in [6.45, 7) is 2.22. The molecular weight excluding hydrogens is 254 g/mol. The second-order valence-electron chi connectivity index (χ2n) is 4.17. The zero-order valence-corrected chi connectivity index (χ0v) is 12.2. The fourth-order valence-electron chi connectivity index (χ4n) is 1.74. The van der Waals surface area contributed by atoms with Gasteiger partial charge in [0.1, 0.15) is 0 Å². The van der Waals surface area contributed by atoms with Crippen LogP contribution < -0.4 is 4.90 Å². The van der Waals surface area contributed by atoms with Gasteiger partial charge in [-0.1, -0.05) is 11.6 Å². The highest BCUT2D eigenvalue weighted by Crippen LogP contribution is 2.25. The van der Waals surface area contributed by atoms with Gasteiger partial charge < -0.3 is 10.0 Å². The van der Waals surface area contributed by atoms with Crippen LogP contribution in [0.1, 0.15) is 18.9 Å². The smallest absolute Gasteiger partial charge is 0.0702 e. The first-order valence-electron chi connectivity index (χ1n) is 5.71. The van der Waals surface area contributed by atoms with Crippen molar-refractivity contribution in [2.45, 2.75) is 26.0 Å². The van der Waals surface area contributed by atoms with Crippen molar-refractivity contribution < 1.29 is 5.11 Å². The largest absolute Gasteiger partial charge is 0.392 e. The predicted octanol–water partition coefficient (Wildman–Crippen LogP) is 3.41. The van der Waals surface area contributed by atoms with Gasteiger partial charge in [0.05, 0.1) is 6.61 Å². The summed E-state index contributed by atoms with van der Waals surface area (Å²) in [6.07, 6.45) is 3.25. The van der Waals surface area contributed by atoms with Gasteiger partial charge in [-0.15, -0.1) is 0 Å². The Morgan fingerprint density at radius 1 is 1.47 bits per heavy atom. The van der Waals surface area contributed by atoms with E-state index in [9.17, 15) is 5.11 Å². The minimum absolute atomic E-state index is 0.0233. The Labute approximate surface area is 113 Å². The van der Waals surface area contributed by atoms with Crippen LogP contribution in [0.2, 0.25) is 5.02 Å². The van der Waals surface area contributed by atoms with Crippen molar-refractivity contribution in [3.8, 4) is 0 Å². The third-order valence-corrected chi connectivity index (χ3v) is 3.87. The molecule has 1 atom stereocenters. The van der Waals surface area contributed by atoms with Gasteiger partial charge in [-0.3, -0.25) is 0 Å². The van der Waals surface area contributed by atoms with Crippen LogP contribution >= 0.6 is 23.4 Å². The van der Waals surface area contributed by atoms with E-state index in [1.807, 2.05) is 30.0 Å². The highest BCUT2D eigenvalue weighted by atomic mass is 35.5. The summed E-state index contributed by atoms with van der Waals surface area (Å²) in [7, 11) is 2.06. The van der Waals surface area contributed by atoms with Crippen LogP contribution in [0.4, 0.5) is 5.69 Å². The lowest BCUT2D eigenvalue weighted by Gasteiger charge is -2.28. The van der Waals surface area contributed by atoms with Gasteiger partial charge in [0, 0.05) is 29.4 Å². The quantitative estimate of drug-likeness (QED) is 0.859. The number of halogens is 1. The number of thioether (sulfide) groups is 1. The summed E-state index contributed by atoms with van der Waals surface area (Å²) >= 11 is 7.79. The Morgan fingerprint density at radius 3 is 2.76 bits per heavy atom. The Balaban J connectivity index is 2.83. The standard InChI is InChI=1S/C13H20ClNOS/c1-10(6-7-17-3)15(2)13-5-4-12(14)8-11(13)9-16/h4-5,8,10,16H,6-7,9H2,1-3H3. The summed E-state index contributed by atoms with van der Waals surface area (Å²) in [5.41, 5.74) is 1.95. The maximum absolute atomic E-state index is 9.36. The second-order valence-corrected chi connectivity index (χ2v) is 5.59. The lowest BCUT2D eigenvalue weighted by Crippen LogP contribution is -2.30. The van der Waals surface area contributed by atoms with Crippen molar-refractivity contribution in [3.63, 3.8) is 0 Å². The SMILES string of the molecule is CSCCC(C)N(C)c1ccc(Cl)cc1CO. The van der Waals surface area contributed by atoms with Crippen molar-refractivity contribution >= 4 is 29.1 Å². The normalized spacial score (nSPS) is 12.5. The van der Waals surface area contributed by atoms with Crippen LogP contribution in [0, 0.1) is 0 Å². The minimum atomic E-state index is 0.0233. The molecule has 1 rings (SSSR count). The first-order chi connectivity index (χ1) is 8.10. The summed E-state index contributed by atoms with van der Waals surface area (Å²) in [4.78, 5) is 2.21. The summed E-state index contributed by atoms with van der Waals surface area (Å²) in [6, 6.07) is 6.13. The molecule has 0 aromatic heterocycles. The third kappa shape index (κ3) is 4.09. The monoisotopic (exact) mass is 273 g/mol. The maximum atomic E-state index is 9.36. The minimum Gasteiger partial charge on any atom is -0.392 e. The van der Waals surface area contributed by atoms with Gasteiger partial charge in [-0.05, 0) is 43.6 Å². The average molecular weight is 274 g/mol. The molecule has 0 bridgehead atoms. The van der Waals surface area contributed by atoms with Gasteiger partial charge in [0.25, 0.3) is 0 Å². The van der Waals surface area contributed by atoms with Crippen molar-refractivity contribution in [3.05, 3.63) is 28.8 Å². The number of aliphatic hydroxyl groups is 1. The molecule has 96 valence electrons. The van der Waals surface area contributed by atoms with E-state index in [1.54, 1.807) is 0 Å². The van der Waals surface area contributed by atoms with Gasteiger partial charge in [0.15, 0.2) is 0 Å². The molecule has 0 aliphatic rings. The summed E-state index contributed by atoms with van der Waals surface area (Å²) in [5, 5.41) is 10.0. The van der Waals surface area contributed by atoms with Crippen LogP contribution in [0.25, 0.3) is 0 Å². The molecule has 1 N–H and O–H groups in total. The van der Waals surface area contributed by atoms with E-state index in [0.717, 1.165) is 23.4 Å². The summed E-state index contributed by atoms with van der Waals surface area (Å²) in [5.74, 6) is 1.15. The molecule has 0 aliphatic carbocycles. The van der Waals surface area contributed by atoms with Gasteiger partial charge in [-0.25, -0.2) is 0 Å². The lowest BCUT2D eigenvalue weighted by molar-refractivity contribution is 0.282. The predicted molar refractivity (Wildman–Crippen MR) is 78.2 cm³/mol. The zero-order chi connectivity index (χ0) is 12.8. The lowest BCUT2D eigenvalue weighted by atomic mass is 10.1. The van der Waals surface area contributed by atoms with Gasteiger partial charge in [-0.2, -0.15) is 11.8 Å². The number of nitrogens with zero attached hydrogens (tertiary/aromatic N) is 1. The first kappa shape index (κ1) is 14.7. The number of hydrogen-bond donors (Lipinski definition) is 1. The molecule has 17 heavy (non-hydrogen) atoms. The fourth-order valence-corrected chi connectivity index (χ4v) is 2.52. The van der Waals surface area contributed by atoms with Crippen LogP contribution in [0.3, 0.4) is 0 Å². The molecular formula is C13H20ClNOS.